The summed E-state index contributed by atoms with van der Waals surface area (Å²) in [4.78, 5) is 25.4. The number of carbonyl (C=O) groups excluding carboxylic acids is 1. The number of amides is 2. The first-order valence-electron chi connectivity index (χ1n) is 9.38. The number of hydrogen-bond acceptors (Lipinski definition) is 2. The molecule has 5 nitrogen and oxygen atoms in total. The minimum Gasteiger partial charge on any atom is -0.481 e. The number of nitrogens with one attached hydrogen (secondary N) is 1. The van der Waals surface area contributed by atoms with E-state index in [1.165, 1.54) is 10.8 Å². The van der Waals surface area contributed by atoms with Gasteiger partial charge in [-0.05, 0) is 35.6 Å². The highest BCUT2D eigenvalue weighted by atomic mass is 16.4. The van der Waals surface area contributed by atoms with Crippen LogP contribution in [0.15, 0.2) is 42.5 Å². The molecule has 2 aromatic carbocycles. The molecule has 0 saturated heterocycles. The molecule has 1 fully saturated rings. The van der Waals surface area contributed by atoms with Gasteiger partial charge >= 0.3 is 12.0 Å². The molecule has 3 rings (SSSR count). The summed E-state index contributed by atoms with van der Waals surface area (Å²) in [6, 6.07) is 14.6. The summed E-state index contributed by atoms with van der Waals surface area (Å²) >= 11 is 0. The first-order chi connectivity index (χ1) is 12.6. The second-order valence-electron chi connectivity index (χ2n) is 6.93. The zero-order valence-corrected chi connectivity index (χ0v) is 15.0. The number of hydrogen-bond donors (Lipinski definition) is 2. The van der Waals surface area contributed by atoms with Crippen molar-refractivity contribution in [3.05, 3.63) is 48.0 Å². The summed E-state index contributed by atoms with van der Waals surface area (Å²) in [5.74, 6) is -0.831. The van der Waals surface area contributed by atoms with Gasteiger partial charge in [-0.2, -0.15) is 0 Å². The predicted molar refractivity (Wildman–Crippen MR) is 102 cm³/mol. The lowest BCUT2D eigenvalue weighted by Crippen LogP contribution is -2.45. The largest absolute Gasteiger partial charge is 0.481 e. The number of nitrogens with zero attached hydrogens (tertiary/aromatic N) is 1. The molecule has 1 aliphatic rings. The molecular weight excluding hydrogens is 328 g/mol. The van der Waals surface area contributed by atoms with E-state index in [-0.39, 0.29) is 18.5 Å². The topological polar surface area (TPSA) is 69.6 Å². The smallest absolute Gasteiger partial charge is 0.317 e. The van der Waals surface area contributed by atoms with E-state index in [1.807, 2.05) is 23.1 Å². The number of fused-ring (bicyclic) bond motifs is 1. The van der Waals surface area contributed by atoms with E-state index in [1.54, 1.807) is 0 Å². The van der Waals surface area contributed by atoms with Gasteiger partial charge in [-0.1, -0.05) is 55.3 Å². The number of benzene rings is 2. The quantitative estimate of drug-likeness (QED) is 0.734. The number of carbonyl (C=O) groups is 2. The number of carboxylic acid groups (broad SMARTS) is 1. The van der Waals surface area contributed by atoms with E-state index in [0.717, 1.165) is 31.2 Å². The highest BCUT2D eigenvalue weighted by molar-refractivity contribution is 5.86. The predicted octanol–water partition coefficient (Wildman–Crippen LogP) is 4.16. The third-order valence-corrected chi connectivity index (χ3v) is 5.09. The Balaban J connectivity index is 1.73. The van der Waals surface area contributed by atoms with Crippen molar-refractivity contribution in [2.75, 3.05) is 6.54 Å². The van der Waals surface area contributed by atoms with Crippen LogP contribution in [0.3, 0.4) is 0 Å². The fourth-order valence-corrected chi connectivity index (χ4v) is 3.73. The van der Waals surface area contributed by atoms with Crippen molar-refractivity contribution in [3.63, 3.8) is 0 Å². The summed E-state index contributed by atoms with van der Waals surface area (Å²) < 4.78 is 0. The summed E-state index contributed by atoms with van der Waals surface area (Å²) in [7, 11) is 0. The molecule has 2 aromatic rings. The molecule has 0 atom stereocenters. The second-order valence-corrected chi connectivity index (χ2v) is 6.93. The van der Waals surface area contributed by atoms with Crippen LogP contribution in [0.25, 0.3) is 10.8 Å². The lowest BCUT2D eigenvalue weighted by Gasteiger charge is -2.29. The monoisotopic (exact) mass is 354 g/mol. The third-order valence-electron chi connectivity index (χ3n) is 5.09. The fourth-order valence-electron chi connectivity index (χ4n) is 3.73. The molecule has 5 heteroatoms. The Morgan fingerprint density at radius 2 is 1.81 bits per heavy atom. The number of rotatable bonds is 7. The van der Waals surface area contributed by atoms with E-state index in [0.29, 0.717) is 19.5 Å². The number of urea groups is 1. The van der Waals surface area contributed by atoms with Gasteiger partial charge in [0, 0.05) is 25.6 Å². The zero-order valence-electron chi connectivity index (χ0n) is 15.0. The van der Waals surface area contributed by atoms with E-state index in [9.17, 15) is 9.59 Å². The Morgan fingerprint density at radius 1 is 1.08 bits per heavy atom. The Kier molecular flexibility index (Phi) is 6.10. The maximum Gasteiger partial charge on any atom is 0.317 e. The van der Waals surface area contributed by atoms with Crippen LogP contribution in [0.2, 0.25) is 0 Å². The van der Waals surface area contributed by atoms with Crippen LogP contribution in [0.5, 0.6) is 0 Å². The third kappa shape index (κ3) is 4.54. The van der Waals surface area contributed by atoms with Crippen LogP contribution in [-0.2, 0) is 11.3 Å². The average molecular weight is 354 g/mol. The second kappa shape index (κ2) is 8.70. The van der Waals surface area contributed by atoms with Gasteiger partial charge in [0.15, 0.2) is 0 Å². The van der Waals surface area contributed by atoms with Crippen molar-refractivity contribution in [2.24, 2.45) is 0 Å². The standard InChI is InChI=1S/C21H26N2O3/c24-20(25)13-6-14-22-21(26)23(18-10-2-3-11-18)15-17-9-5-8-16-7-1-4-12-19(16)17/h1,4-5,7-9,12,18H,2-3,6,10-11,13-15H2,(H,22,26)(H,24,25). The molecule has 0 aliphatic heterocycles. The molecule has 0 heterocycles. The zero-order chi connectivity index (χ0) is 18.4. The lowest BCUT2D eigenvalue weighted by atomic mass is 10.0. The normalized spacial score (nSPS) is 14.5. The van der Waals surface area contributed by atoms with Crippen LogP contribution in [0.4, 0.5) is 4.79 Å². The van der Waals surface area contributed by atoms with Crippen LogP contribution < -0.4 is 5.32 Å². The molecule has 0 radical (unpaired) electrons. The molecule has 0 unspecified atom stereocenters. The fraction of sp³-hybridized carbons (Fsp3) is 0.429. The summed E-state index contributed by atoms with van der Waals surface area (Å²) in [6.45, 7) is 0.973. The van der Waals surface area contributed by atoms with E-state index in [4.69, 9.17) is 5.11 Å². The van der Waals surface area contributed by atoms with Gasteiger partial charge in [0.05, 0.1) is 0 Å². The van der Waals surface area contributed by atoms with Crippen molar-refractivity contribution in [1.82, 2.24) is 10.2 Å². The van der Waals surface area contributed by atoms with Crippen LogP contribution in [0, 0.1) is 0 Å². The maximum atomic E-state index is 12.8. The van der Waals surface area contributed by atoms with Gasteiger partial charge in [-0.3, -0.25) is 4.79 Å². The van der Waals surface area contributed by atoms with Gasteiger partial charge < -0.3 is 15.3 Å². The van der Waals surface area contributed by atoms with E-state index in [2.05, 4.69) is 29.6 Å². The highest BCUT2D eigenvalue weighted by Gasteiger charge is 2.27. The molecule has 0 aromatic heterocycles. The average Bonchev–Trinajstić information content (AvgIpc) is 3.17. The summed E-state index contributed by atoms with van der Waals surface area (Å²) in [6.07, 6.45) is 4.91. The molecule has 1 saturated carbocycles. The first-order valence-corrected chi connectivity index (χ1v) is 9.38. The van der Waals surface area contributed by atoms with Gasteiger partial charge in [-0.15, -0.1) is 0 Å². The molecule has 0 spiro atoms. The Hall–Kier alpha value is -2.56. The first kappa shape index (κ1) is 18.2. The molecular formula is C21H26N2O3. The SMILES string of the molecule is O=C(O)CCCNC(=O)N(Cc1cccc2ccccc12)C1CCCC1. The van der Waals surface area contributed by atoms with Crippen LogP contribution >= 0.6 is 0 Å². The lowest BCUT2D eigenvalue weighted by molar-refractivity contribution is -0.137. The Bertz CT molecular complexity index is 763. The number of carboxylic acids is 1. The molecule has 2 amide bonds. The van der Waals surface area contributed by atoms with Crippen molar-refractivity contribution in [1.29, 1.82) is 0 Å². The highest BCUT2D eigenvalue weighted by Crippen LogP contribution is 2.27. The minimum absolute atomic E-state index is 0.0764. The van der Waals surface area contributed by atoms with Crippen LogP contribution in [0.1, 0.15) is 44.1 Å². The van der Waals surface area contributed by atoms with Gasteiger partial charge in [0.1, 0.15) is 0 Å². The minimum atomic E-state index is -0.831. The Morgan fingerprint density at radius 3 is 2.58 bits per heavy atom. The Labute approximate surface area is 154 Å². The van der Waals surface area contributed by atoms with Crippen LogP contribution in [-0.4, -0.2) is 34.6 Å². The van der Waals surface area contributed by atoms with Crippen molar-refractivity contribution in [2.45, 2.75) is 51.1 Å². The van der Waals surface area contributed by atoms with E-state index < -0.39 is 5.97 Å². The number of aliphatic carboxylic acids is 1. The molecule has 138 valence electrons. The summed E-state index contributed by atoms with van der Waals surface area (Å²) in [5, 5.41) is 14.0. The molecule has 26 heavy (non-hydrogen) atoms. The van der Waals surface area contributed by atoms with E-state index >= 15 is 0 Å². The molecule has 0 bridgehead atoms. The van der Waals surface area contributed by atoms with Gasteiger partial charge in [0.2, 0.25) is 0 Å². The summed E-state index contributed by atoms with van der Waals surface area (Å²) in [5.41, 5.74) is 1.15. The van der Waals surface area contributed by atoms with Gasteiger partial charge in [-0.25, -0.2) is 4.79 Å². The van der Waals surface area contributed by atoms with Crippen molar-refractivity contribution < 1.29 is 14.7 Å². The molecule has 1 aliphatic carbocycles. The van der Waals surface area contributed by atoms with Crippen molar-refractivity contribution in [3.8, 4) is 0 Å². The van der Waals surface area contributed by atoms with Gasteiger partial charge in [0.25, 0.3) is 0 Å². The molecule has 2 N–H and O–H groups in total. The van der Waals surface area contributed by atoms with Crippen molar-refractivity contribution >= 4 is 22.8 Å². The maximum absolute atomic E-state index is 12.8.